The van der Waals surface area contributed by atoms with E-state index in [-0.39, 0.29) is 37.2 Å². The smallest absolute Gasteiger partial charge is 0.336 e. The van der Waals surface area contributed by atoms with Crippen LogP contribution in [0.1, 0.15) is 30.1 Å². The molecule has 206 valence electrons. The quantitative estimate of drug-likeness (QED) is 0.317. The van der Waals surface area contributed by atoms with Crippen LogP contribution in [0.25, 0.3) is 20.7 Å². The number of likely N-dealkylation sites (N-methyl/N-ethyl adjacent to an activating group) is 1. The lowest BCUT2D eigenvalue weighted by Gasteiger charge is -2.33. The van der Waals surface area contributed by atoms with Gasteiger partial charge < -0.3 is 21.1 Å². The highest BCUT2D eigenvalue weighted by Gasteiger charge is 2.17. The Morgan fingerprint density at radius 3 is 2.43 bits per heavy atom. The van der Waals surface area contributed by atoms with Crippen molar-refractivity contribution < 1.29 is 9.90 Å². The van der Waals surface area contributed by atoms with Gasteiger partial charge >= 0.3 is 5.97 Å². The number of carboxylic acids is 1. The van der Waals surface area contributed by atoms with Crippen molar-refractivity contribution in [1.29, 1.82) is 0 Å². The number of nitrogens with one attached hydrogen (secondary N) is 1. The van der Waals surface area contributed by atoms with Crippen molar-refractivity contribution in [2.75, 3.05) is 51.1 Å². The molecule has 4 N–H and O–H groups in total. The Bertz CT molecular complexity index is 1140. The van der Waals surface area contributed by atoms with Crippen LogP contribution in [0.4, 0.5) is 5.95 Å². The molecule has 13 heteroatoms. The molecule has 8 nitrogen and oxygen atoms in total. The van der Waals surface area contributed by atoms with Crippen molar-refractivity contribution in [2.24, 2.45) is 5.73 Å². The first-order valence-corrected chi connectivity index (χ1v) is 13.3. The number of fused-ring (bicyclic) bond motifs is 1. The van der Waals surface area contributed by atoms with Gasteiger partial charge in [0.05, 0.1) is 14.9 Å². The summed E-state index contributed by atoms with van der Waals surface area (Å²) in [7, 11) is 0. The lowest BCUT2D eigenvalue weighted by Crippen LogP contribution is -2.47. The van der Waals surface area contributed by atoms with Gasteiger partial charge in [-0.3, -0.25) is 4.90 Å². The molecule has 0 radical (unpaired) electrons. The maximum Gasteiger partial charge on any atom is 0.336 e. The minimum Gasteiger partial charge on any atom is -0.478 e. The fraction of sp³-hybridized carbons (Fsp3) is 0.458. The van der Waals surface area contributed by atoms with E-state index in [9.17, 15) is 9.90 Å². The maximum absolute atomic E-state index is 11.5. The lowest BCUT2D eigenvalue weighted by molar-refractivity contribution is 0.0699. The number of anilines is 1. The van der Waals surface area contributed by atoms with Crippen molar-refractivity contribution in [3.8, 4) is 10.6 Å². The van der Waals surface area contributed by atoms with Crippen LogP contribution in [0.3, 0.4) is 0 Å². The minimum absolute atomic E-state index is 0. The Balaban J connectivity index is 0.000000895. The summed E-state index contributed by atoms with van der Waals surface area (Å²) in [6.07, 6.45) is 4.27. The molecule has 2 aliphatic rings. The number of nitrogens with zero attached hydrogens (tertiary/aromatic N) is 4. The third kappa shape index (κ3) is 9.47. The Hall–Kier alpha value is -1.24. The summed E-state index contributed by atoms with van der Waals surface area (Å²) < 4.78 is 1.71. The molecule has 1 aromatic carbocycles. The highest BCUT2D eigenvalue weighted by Crippen LogP contribution is 2.37. The van der Waals surface area contributed by atoms with Gasteiger partial charge in [-0.1, -0.05) is 13.0 Å². The van der Waals surface area contributed by atoms with Gasteiger partial charge in [0.15, 0.2) is 0 Å². The number of piperazine rings is 1. The second kappa shape index (κ2) is 16.0. The van der Waals surface area contributed by atoms with Crippen molar-refractivity contribution >= 4 is 86.5 Å². The van der Waals surface area contributed by atoms with E-state index in [0.29, 0.717) is 17.6 Å². The molecule has 0 atom stereocenters. The molecule has 3 heterocycles. The summed E-state index contributed by atoms with van der Waals surface area (Å²) >= 11 is 5.07. The van der Waals surface area contributed by atoms with E-state index < -0.39 is 5.97 Å². The summed E-state index contributed by atoms with van der Waals surface area (Å²) in [6, 6.07) is 7.81. The predicted molar refractivity (Wildman–Crippen MR) is 164 cm³/mol. The average Bonchev–Trinajstić information content (AvgIpc) is 3.50. The van der Waals surface area contributed by atoms with Gasteiger partial charge in [-0.2, -0.15) is 0 Å². The van der Waals surface area contributed by atoms with Crippen LogP contribution < -0.4 is 11.1 Å². The van der Waals surface area contributed by atoms with Crippen LogP contribution >= 0.6 is 64.5 Å². The number of thiophene rings is 1. The maximum atomic E-state index is 11.5. The minimum atomic E-state index is -0.922. The van der Waals surface area contributed by atoms with E-state index in [1.54, 1.807) is 18.3 Å². The normalized spacial score (nSPS) is 15.4. The van der Waals surface area contributed by atoms with E-state index in [4.69, 9.17) is 5.73 Å². The zero-order chi connectivity index (χ0) is 24.1. The van der Waals surface area contributed by atoms with Gasteiger partial charge in [-0.15, -0.1) is 48.6 Å². The number of aromatic nitrogens is 2. The topological polar surface area (TPSA) is 108 Å². The van der Waals surface area contributed by atoms with E-state index in [1.807, 2.05) is 12.1 Å². The van der Waals surface area contributed by atoms with E-state index >= 15 is 0 Å². The van der Waals surface area contributed by atoms with Crippen LogP contribution in [0.5, 0.6) is 0 Å². The number of nitrogens with two attached hydrogens (primary N) is 1. The zero-order valence-corrected chi connectivity index (χ0v) is 25.4. The first-order chi connectivity index (χ1) is 16.4. The van der Waals surface area contributed by atoms with Gasteiger partial charge in [0.2, 0.25) is 5.95 Å². The van der Waals surface area contributed by atoms with Crippen LogP contribution in [-0.2, 0) is 0 Å². The standard InChI is InChI=1S/C21H24BrN5O2S.C3H7N.3ClH/c1-2-26-8-10-27(11-9-26)7-6-23-21-24-13-16(22)19(25-21)18-12-15-14(20(28)29)4-3-5-17(15)30-18;4-3-1-2-3;;;/h3-5,12-13H,2,6-11H2,1H3,(H,28,29)(H,23,24,25);3H,1-2,4H2;3*1H. The number of rotatable bonds is 7. The number of aromatic carboxylic acids is 1. The van der Waals surface area contributed by atoms with Gasteiger partial charge in [0.1, 0.15) is 5.69 Å². The summed E-state index contributed by atoms with van der Waals surface area (Å²) in [4.78, 5) is 26.4. The van der Waals surface area contributed by atoms with Crippen molar-refractivity contribution in [3.63, 3.8) is 0 Å². The lowest BCUT2D eigenvalue weighted by atomic mass is 10.1. The fourth-order valence-corrected chi connectivity index (χ4v) is 5.37. The second-order valence-electron chi connectivity index (χ2n) is 8.56. The number of hydrogen-bond acceptors (Lipinski definition) is 8. The first kappa shape index (κ1) is 33.8. The van der Waals surface area contributed by atoms with Crippen molar-refractivity contribution in [3.05, 3.63) is 40.5 Å². The monoisotopic (exact) mass is 654 g/mol. The zero-order valence-electron chi connectivity index (χ0n) is 20.6. The third-order valence-corrected chi connectivity index (χ3v) is 7.70. The summed E-state index contributed by atoms with van der Waals surface area (Å²) in [6.45, 7) is 9.50. The molecular weight excluding hydrogens is 623 g/mol. The third-order valence-electron chi connectivity index (χ3n) is 6.01. The molecule has 0 bridgehead atoms. The van der Waals surface area contributed by atoms with Crippen molar-refractivity contribution in [1.82, 2.24) is 19.8 Å². The Morgan fingerprint density at radius 2 is 1.84 bits per heavy atom. The molecule has 5 rings (SSSR count). The van der Waals surface area contributed by atoms with Crippen LogP contribution in [0.15, 0.2) is 34.9 Å². The van der Waals surface area contributed by atoms with Crippen LogP contribution in [0.2, 0.25) is 0 Å². The second-order valence-corrected chi connectivity index (χ2v) is 10.5. The molecule has 2 aromatic heterocycles. The van der Waals surface area contributed by atoms with Gasteiger partial charge in [0, 0.05) is 61.6 Å². The molecule has 37 heavy (non-hydrogen) atoms. The van der Waals surface area contributed by atoms with Gasteiger partial charge in [0.25, 0.3) is 0 Å². The molecule has 0 unspecified atom stereocenters. The number of halogens is 4. The predicted octanol–water partition coefficient (Wildman–Crippen LogP) is 5.24. The van der Waals surface area contributed by atoms with Crippen molar-refractivity contribution in [2.45, 2.75) is 25.8 Å². The number of carboxylic acid groups (broad SMARTS) is 1. The first-order valence-electron chi connectivity index (χ1n) is 11.7. The average molecular weight is 657 g/mol. The molecule has 0 amide bonds. The van der Waals surface area contributed by atoms with Crippen LogP contribution in [-0.4, -0.2) is 82.7 Å². The van der Waals surface area contributed by atoms with Crippen LogP contribution in [0, 0.1) is 0 Å². The Kier molecular flexibility index (Phi) is 14.6. The molecule has 1 saturated carbocycles. The molecular formula is C24H34BrCl3N6O2S. The molecule has 1 saturated heterocycles. The molecule has 1 aliphatic heterocycles. The highest BCUT2D eigenvalue weighted by atomic mass is 79.9. The summed E-state index contributed by atoms with van der Waals surface area (Å²) in [5, 5.41) is 13.5. The molecule has 1 aliphatic carbocycles. The van der Waals surface area contributed by atoms with E-state index in [1.165, 1.54) is 24.2 Å². The molecule has 2 fully saturated rings. The fourth-order valence-electron chi connectivity index (χ4n) is 3.74. The molecule has 0 spiro atoms. The number of hydrogen-bond donors (Lipinski definition) is 3. The number of carbonyl (C=O) groups is 1. The van der Waals surface area contributed by atoms with Gasteiger partial charge in [-0.05, 0) is 53.5 Å². The molecule has 3 aromatic rings. The highest BCUT2D eigenvalue weighted by molar-refractivity contribution is 9.10. The van der Waals surface area contributed by atoms with E-state index in [0.717, 1.165) is 70.9 Å². The Labute approximate surface area is 248 Å². The van der Waals surface area contributed by atoms with E-state index in [2.05, 4.69) is 47.9 Å². The number of benzene rings is 1. The summed E-state index contributed by atoms with van der Waals surface area (Å²) in [5.74, 6) is -0.342. The Morgan fingerprint density at radius 1 is 1.19 bits per heavy atom. The van der Waals surface area contributed by atoms with Gasteiger partial charge in [-0.25, -0.2) is 14.8 Å². The largest absolute Gasteiger partial charge is 0.478 e. The summed E-state index contributed by atoms with van der Waals surface area (Å²) in [5.41, 5.74) is 6.29. The SMILES string of the molecule is CCN1CCN(CCNc2ncc(Br)c(-c3cc4c(C(=O)O)cccc4s3)n2)CC1.Cl.Cl.Cl.NC1CC1.